The Morgan fingerprint density at radius 2 is 1.89 bits per heavy atom. The van der Waals surface area contributed by atoms with Crippen molar-refractivity contribution in [2.75, 3.05) is 0 Å². The van der Waals surface area contributed by atoms with Gasteiger partial charge >= 0.3 is 0 Å². The van der Waals surface area contributed by atoms with Gasteiger partial charge < -0.3 is 5.32 Å². The van der Waals surface area contributed by atoms with E-state index in [0.717, 1.165) is 0 Å². The van der Waals surface area contributed by atoms with Crippen LogP contribution in [-0.2, 0) is 4.79 Å². The molecule has 1 amide bonds. The fourth-order valence-corrected chi connectivity index (χ4v) is 0.348. The Hall–Kier alpha value is -0.530. The molecule has 0 aromatic rings. The third-order valence-corrected chi connectivity index (χ3v) is 0.957. The third-order valence-electron chi connectivity index (χ3n) is 0.957. The van der Waals surface area contributed by atoms with Gasteiger partial charge in [-0.15, -0.1) is 0 Å². The molecule has 0 bridgehead atoms. The summed E-state index contributed by atoms with van der Waals surface area (Å²) >= 11 is 0. The molecule has 0 saturated carbocycles. The summed E-state index contributed by atoms with van der Waals surface area (Å²) in [6.45, 7) is 9.08. The summed E-state index contributed by atoms with van der Waals surface area (Å²) in [6, 6.07) is 0. The second-order valence-corrected chi connectivity index (χ2v) is 3.01. The fourth-order valence-electron chi connectivity index (χ4n) is 0.348. The summed E-state index contributed by atoms with van der Waals surface area (Å²) in [4.78, 5) is 10.9. The molecule has 0 aromatic carbocycles. The molecule has 53 valence electrons. The first-order chi connectivity index (χ1) is 3.98. The summed E-state index contributed by atoms with van der Waals surface area (Å²) in [5.41, 5.74) is -0.271. The number of nitrogens with one attached hydrogen (secondary N) is 1. The van der Waals surface area contributed by atoms with Crippen LogP contribution in [0.1, 0.15) is 27.7 Å². The van der Waals surface area contributed by atoms with Crippen LogP contribution in [0.5, 0.6) is 0 Å². The van der Waals surface area contributed by atoms with Gasteiger partial charge in [-0.2, -0.15) is 0 Å². The smallest absolute Gasteiger partial charge is 0.225 e. The second kappa shape index (κ2) is 2.85. The maximum atomic E-state index is 10.9. The summed E-state index contributed by atoms with van der Waals surface area (Å²) in [5.74, 6) is 0.0602. The van der Waals surface area contributed by atoms with Crippen molar-refractivity contribution in [2.24, 2.45) is 5.41 Å². The number of amides is 1. The maximum Gasteiger partial charge on any atom is 0.225 e. The number of hydrogen-bond donors (Lipinski definition) is 1. The molecule has 0 aromatic heterocycles. The van der Waals surface area contributed by atoms with Gasteiger partial charge in [-0.3, -0.25) is 4.79 Å². The zero-order valence-electron chi connectivity index (χ0n) is 6.49. The van der Waals surface area contributed by atoms with Gasteiger partial charge in [-0.05, 0) is 6.92 Å². The highest BCUT2D eigenvalue weighted by Gasteiger charge is 2.19. The Morgan fingerprint density at radius 1 is 1.44 bits per heavy atom. The van der Waals surface area contributed by atoms with Gasteiger partial charge in [0.15, 0.2) is 0 Å². The molecule has 0 spiro atoms. The molecule has 0 atom stereocenters. The summed E-state index contributed by atoms with van der Waals surface area (Å²) in [6.07, 6.45) is 0. The van der Waals surface area contributed by atoms with Crippen LogP contribution in [0.3, 0.4) is 0 Å². The lowest BCUT2D eigenvalue weighted by Crippen LogP contribution is -2.32. The van der Waals surface area contributed by atoms with Crippen LogP contribution in [0, 0.1) is 12.0 Å². The van der Waals surface area contributed by atoms with E-state index in [1.54, 1.807) is 13.5 Å². The Kier molecular flexibility index (Phi) is 2.68. The summed E-state index contributed by atoms with van der Waals surface area (Å²) in [5, 5.41) is 2.62. The lowest BCUT2D eigenvalue weighted by molar-refractivity contribution is -0.127. The SMILES string of the molecule is C[CH]NC(=O)C(C)(C)C. The molecule has 0 unspecified atom stereocenters. The van der Waals surface area contributed by atoms with Crippen LogP contribution in [-0.4, -0.2) is 5.91 Å². The lowest BCUT2D eigenvalue weighted by Gasteiger charge is -2.15. The van der Waals surface area contributed by atoms with E-state index in [-0.39, 0.29) is 11.3 Å². The van der Waals surface area contributed by atoms with Crippen molar-refractivity contribution in [1.29, 1.82) is 0 Å². The van der Waals surface area contributed by atoms with Crippen molar-refractivity contribution < 1.29 is 4.79 Å². The monoisotopic (exact) mass is 128 g/mol. The zero-order valence-corrected chi connectivity index (χ0v) is 6.49. The van der Waals surface area contributed by atoms with E-state index in [9.17, 15) is 4.79 Å². The molecular weight excluding hydrogens is 114 g/mol. The lowest BCUT2D eigenvalue weighted by atomic mass is 9.96. The Morgan fingerprint density at radius 3 is 2.00 bits per heavy atom. The normalized spacial score (nSPS) is 11.1. The molecule has 0 saturated heterocycles. The van der Waals surface area contributed by atoms with Gasteiger partial charge in [0.05, 0.1) is 0 Å². The van der Waals surface area contributed by atoms with Crippen LogP contribution >= 0.6 is 0 Å². The van der Waals surface area contributed by atoms with Crippen molar-refractivity contribution >= 4 is 5.91 Å². The minimum atomic E-state index is -0.271. The highest BCUT2D eigenvalue weighted by molar-refractivity contribution is 5.81. The van der Waals surface area contributed by atoms with Gasteiger partial charge in [0.1, 0.15) is 0 Å². The minimum absolute atomic E-state index is 0.0602. The quantitative estimate of drug-likeness (QED) is 0.567. The van der Waals surface area contributed by atoms with Crippen molar-refractivity contribution in [3.05, 3.63) is 6.54 Å². The maximum absolute atomic E-state index is 10.9. The molecule has 1 N–H and O–H groups in total. The number of hydrogen-bond acceptors (Lipinski definition) is 1. The van der Waals surface area contributed by atoms with Crippen LogP contribution < -0.4 is 5.32 Å². The second-order valence-electron chi connectivity index (χ2n) is 3.01. The first kappa shape index (κ1) is 8.47. The highest BCUT2D eigenvalue weighted by atomic mass is 16.2. The number of carbonyl (C=O) groups excluding carboxylic acids is 1. The molecular formula is C7H14NO. The Labute approximate surface area is 56.6 Å². The van der Waals surface area contributed by atoms with Crippen molar-refractivity contribution in [3.63, 3.8) is 0 Å². The van der Waals surface area contributed by atoms with Crippen LogP contribution in [0.25, 0.3) is 0 Å². The van der Waals surface area contributed by atoms with E-state index in [1.807, 2.05) is 20.8 Å². The summed E-state index contributed by atoms with van der Waals surface area (Å²) in [7, 11) is 0. The van der Waals surface area contributed by atoms with E-state index in [2.05, 4.69) is 5.32 Å². The first-order valence-corrected chi connectivity index (χ1v) is 3.07. The van der Waals surface area contributed by atoms with E-state index in [4.69, 9.17) is 0 Å². The fraction of sp³-hybridized carbons (Fsp3) is 0.714. The topological polar surface area (TPSA) is 29.1 Å². The molecule has 0 heterocycles. The van der Waals surface area contributed by atoms with Crippen LogP contribution in [0.15, 0.2) is 0 Å². The van der Waals surface area contributed by atoms with E-state index >= 15 is 0 Å². The van der Waals surface area contributed by atoms with Crippen molar-refractivity contribution in [2.45, 2.75) is 27.7 Å². The third kappa shape index (κ3) is 3.12. The predicted molar refractivity (Wildman–Crippen MR) is 37.6 cm³/mol. The van der Waals surface area contributed by atoms with Gasteiger partial charge in [0.2, 0.25) is 5.91 Å². The van der Waals surface area contributed by atoms with Gasteiger partial charge in [-0.1, -0.05) is 20.8 Å². The van der Waals surface area contributed by atoms with Crippen molar-refractivity contribution in [3.8, 4) is 0 Å². The first-order valence-electron chi connectivity index (χ1n) is 3.07. The number of carbonyl (C=O) groups is 1. The predicted octanol–water partition coefficient (Wildman–Crippen LogP) is 1.33. The molecule has 0 aliphatic carbocycles. The Balaban J connectivity index is 3.74. The number of rotatable bonds is 1. The van der Waals surface area contributed by atoms with Gasteiger partial charge in [0, 0.05) is 12.0 Å². The Bertz CT molecular complexity index is 102. The van der Waals surface area contributed by atoms with Gasteiger partial charge in [0.25, 0.3) is 0 Å². The molecule has 2 nitrogen and oxygen atoms in total. The van der Waals surface area contributed by atoms with Crippen LogP contribution in [0.2, 0.25) is 0 Å². The standard InChI is InChI=1S/C7H14NO/c1-5-8-6(9)7(2,3)4/h5H,1-4H3,(H,8,9). The molecule has 0 aliphatic heterocycles. The molecule has 0 fully saturated rings. The molecule has 0 rings (SSSR count). The molecule has 0 aliphatic rings. The van der Waals surface area contributed by atoms with E-state index < -0.39 is 0 Å². The van der Waals surface area contributed by atoms with Crippen LogP contribution in [0.4, 0.5) is 0 Å². The van der Waals surface area contributed by atoms with E-state index in [1.165, 1.54) is 0 Å². The van der Waals surface area contributed by atoms with Crippen molar-refractivity contribution in [1.82, 2.24) is 5.32 Å². The van der Waals surface area contributed by atoms with E-state index in [0.29, 0.717) is 0 Å². The van der Waals surface area contributed by atoms with Gasteiger partial charge in [-0.25, -0.2) is 0 Å². The minimum Gasteiger partial charge on any atom is -0.351 e. The average molecular weight is 128 g/mol. The molecule has 1 radical (unpaired) electrons. The summed E-state index contributed by atoms with van der Waals surface area (Å²) < 4.78 is 0. The zero-order chi connectivity index (χ0) is 7.49. The average Bonchev–Trinajstić information content (AvgIpc) is 1.64. The highest BCUT2D eigenvalue weighted by Crippen LogP contribution is 2.11. The molecule has 2 heteroatoms. The largest absolute Gasteiger partial charge is 0.351 e. The molecule has 9 heavy (non-hydrogen) atoms.